The number of rotatable bonds is 7. The molecular weight excluding hydrogens is 416 g/mol. The lowest BCUT2D eigenvalue weighted by atomic mass is 10.1. The molecule has 3 rings (SSSR count). The summed E-state index contributed by atoms with van der Waals surface area (Å²) in [6.07, 6.45) is 0.808. The second kappa shape index (κ2) is 9.60. The Kier molecular flexibility index (Phi) is 7.11. The van der Waals surface area contributed by atoms with Gasteiger partial charge >= 0.3 is 0 Å². The molecule has 2 aromatic rings. The van der Waals surface area contributed by atoms with Crippen LogP contribution in [0.25, 0.3) is 0 Å². The highest BCUT2D eigenvalue weighted by Gasteiger charge is 2.28. The van der Waals surface area contributed by atoms with Crippen LogP contribution in [0.5, 0.6) is 11.5 Å². The number of hydrogen-bond donors (Lipinski definition) is 1. The third-order valence-electron chi connectivity index (χ3n) is 4.97. The van der Waals surface area contributed by atoms with E-state index in [2.05, 4.69) is 5.32 Å². The standard InChI is InChI=1S/C24H29ClN2O4/c1-16(23(29)26-24(2,3)4)27(14-18-6-5-7-19(25)12-18)22(28)11-9-17-8-10-20-21(13-17)31-15-30-20/h5-8,10,12-13,16H,9,11,14-15H2,1-4H3,(H,26,29). The predicted molar refractivity (Wildman–Crippen MR) is 120 cm³/mol. The highest BCUT2D eigenvalue weighted by molar-refractivity contribution is 6.30. The Hall–Kier alpha value is -2.73. The Morgan fingerprint density at radius 1 is 1.10 bits per heavy atom. The maximum Gasteiger partial charge on any atom is 0.242 e. The minimum atomic E-state index is -0.623. The maximum atomic E-state index is 13.2. The molecule has 2 aromatic carbocycles. The zero-order valence-corrected chi connectivity index (χ0v) is 19.2. The van der Waals surface area contributed by atoms with E-state index < -0.39 is 6.04 Å². The Balaban J connectivity index is 1.73. The average Bonchev–Trinajstić information content (AvgIpc) is 3.16. The fourth-order valence-corrected chi connectivity index (χ4v) is 3.59. The van der Waals surface area contributed by atoms with Crippen molar-refractivity contribution in [3.63, 3.8) is 0 Å². The number of halogens is 1. The van der Waals surface area contributed by atoms with Crippen LogP contribution >= 0.6 is 11.6 Å². The lowest BCUT2D eigenvalue weighted by molar-refractivity contribution is -0.141. The summed E-state index contributed by atoms with van der Waals surface area (Å²) in [5.41, 5.74) is 1.47. The van der Waals surface area contributed by atoms with E-state index in [1.54, 1.807) is 17.9 Å². The summed E-state index contributed by atoms with van der Waals surface area (Å²) < 4.78 is 10.8. The van der Waals surface area contributed by atoms with Crippen molar-refractivity contribution < 1.29 is 19.1 Å². The van der Waals surface area contributed by atoms with Crippen LogP contribution in [-0.4, -0.2) is 35.1 Å². The molecule has 166 valence electrons. The second-order valence-electron chi connectivity index (χ2n) is 8.75. The molecule has 31 heavy (non-hydrogen) atoms. The van der Waals surface area contributed by atoms with Crippen molar-refractivity contribution in [3.8, 4) is 11.5 Å². The first-order valence-corrected chi connectivity index (χ1v) is 10.7. The fraction of sp³-hybridized carbons (Fsp3) is 0.417. The van der Waals surface area contributed by atoms with Crippen LogP contribution in [0.15, 0.2) is 42.5 Å². The third-order valence-corrected chi connectivity index (χ3v) is 5.21. The molecule has 1 N–H and O–H groups in total. The van der Waals surface area contributed by atoms with E-state index in [-0.39, 0.29) is 30.6 Å². The van der Waals surface area contributed by atoms with Gasteiger partial charge in [0.05, 0.1) is 0 Å². The number of nitrogens with zero attached hydrogens (tertiary/aromatic N) is 1. The van der Waals surface area contributed by atoms with E-state index in [9.17, 15) is 9.59 Å². The minimum Gasteiger partial charge on any atom is -0.454 e. The van der Waals surface area contributed by atoms with Gasteiger partial charge in [0.1, 0.15) is 6.04 Å². The quantitative estimate of drug-likeness (QED) is 0.690. The van der Waals surface area contributed by atoms with Crippen LogP contribution in [0.1, 0.15) is 45.2 Å². The zero-order chi connectivity index (χ0) is 22.6. The first kappa shape index (κ1) is 22.9. The predicted octanol–water partition coefficient (Wildman–Crippen LogP) is 4.33. The van der Waals surface area contributed by atoms with Gasteiger partial charge in [-0.15, -0.1) is 0 Å². The van der Waals surface area contributed by atoms with Gasteiger partial charge in [-0.2, -0.15) is 0 Å². The average molecular weight is 445 g/mol. The van der Waals surface area contributed by atoms with Gasteiger partial charge in [-0.1, -0.05) is 29.8 Å². The molecule has 0 bridgehead atoms. The molecule has 0 fully saturated rings. The van der Waals surface area contributed by atoms with E-state index >= 15 is 0 Å². The summed E-state index contributed by atoms with van der Waals surface area (Å²) in [6, 6.07) is 12.4. The Morgan fingerprint density at radius 2 is 1.84 bits per heavy atom. The van der Waals surface area contributed by atoms with Crippen LogP contribution in [-0.2, 0) is 22.6 Å². The van der Waals surface area contributed by atoms with Crippen molar-refractivity contribution >= 4 is 23.4 Å². The molecule has 0 spiro atoms. The highest BCUT2D eigenvalue weighted by atomic mass is 35.5. The van der Waals surface area contributed by atoms with E-state index in [4.69, 9.17) is 21.1 Å². The lowest BCUT2D eigenvalue weighted by Crippen LogP contribution is -2.52. The van der Waals surface area contributed by atoms with E-state index in [1.165, 1.54) is 0 Å². The van der Waals surface area contributed by atoms with Gasteiger partial charge in [0, 0.05) is 23.5 Å². The number of ether oxygens (including phenoxy) is 2. The minimum absolute atomic E-state index is 0.103. The number of benzene rings is 2. The summed E-state index contributed by atoms with van der Waals surface area (Å²) in [5.74, 6) is 1.11. The van der Waals surface area contributed by atoms with Gasteiger partial charge in [-0.3, -0.25) is 9.59 Å². The summed E-state index contributed by atoms with van der Waals surface area (Å²) >= 11 is 6.12. The number of fused-ring (bicyclic) bond motifs is 1. The normalized spacial score (nSPS) is 13.6. The number of nitrogens with one attached hydrogen (secondary N) is 1. The molecule has 7 heteroatoms. The summed E-state index contributed by atoms with van der Waals surface area (Å²) in [7, 11) is 0. The Morgan fingerprint density at radius 3 is 2.55 bits per heavy atom. The van der Waals surface area contributed by atoms with Crippen LogP contribution in [0.2, 0.25) is 5.02 Å². The number of carbonyl (C=O) groups is 2. The molecule has 0 aliphatic carbocycles. The second-order valence-corrected chi connectivity index (χ2v) is 9.19. The lowest BCUT2D eigenvalue weighted by Gasteiger charge is -2.31. The molecule has 1 unspecified atom stereocenters. The monoisotopic (exact) mass is 444 g/mol. The Bertz CT molecular complexity index is 955. The van der Waals surface area contributed by atoms with Crippen molar-refractivity contribution in [2.45, 2.75) is 58.7 Å². The van der Waals surface area contributed by atoms with Gasteiger partial charge in [0.2, 0.25) is 18.6 Å². The van der Waals surface area contributed by atoms with Crippen molar-refractivity contribution in [1.29, 1.82) is 0 Å². The van der Waals surface area contributed by atoms with E-state index in [0.717, 1.165) is 11.1 Å². The molecule has 1 atom stereocenters. The highest BCUT2D eigenvalue weighted by Crippen LogP contribution is 2.32. The van der Waals surface area contributed by atoms with Gasteiger partial charge in [-0.25, -0.2) is 0 Å². The third kappa shape index (κ3) is 6.37. The molecule has 0 radical (unpaired) electrons. The van der Waals surface area contributed by atoms with Crippen molar-refractivity contribution in [2.75, 3.05) is 6.79 Å². The number of amides is 2. The molecule has 1 heterocycles. The van der Waals surface area contributed by atoms with Gasteiger partial charge < -0.3 is 19.7 Å². The SMILES string of the molecule is CC(C(=O)NC(C)(C)C)N(Cc1cccc(Cl)c1)C(=O)CCc1ccc2c(c1)OCO2. The topological polar surface area (TPSA) is 67.9 Å². The Labute approximate surface area is 188 Å². The van der Waals surface area contributed by atoms with E-state index in [0.29, 0.717) is 29.5 Å². The molecule has 0 saturated carbocycles. The van der Waals surface area contributed by atoms with Crippen molar-refractivity contribution in [3.05, 3.63) is 58.6 Å². The molecule has 1 aliphatic rings. The van der Waals surface area contributed by atoms with E-state index in [1.807, 2.05) is 57.2 Å². The zero-order valence-electron chi connectivity index (χ0n) is 18.4. The summed E-state index contributed by atoms with van der Waals surface area (Å²) in [4.78, 5) is 27.6. The molecule has 0 aromatic heterocycles. The largest absolute Gasteiger partial charge is 0.454 e. The van der Waals surface area contributed by atoms with Crippen LogP contribution in [0, 0.1) is 0 Å². The number of aryl methyl sites for hydroxylation is 1. The molecular formula is C24H29ClN2O4. The maximum absolute atomic E-state index is 13.2. The molecule has 1 aliphatic heterocycles. The van der Waals surface area contributed by atoms with Crippen molar-refractivity contribution in [1.82, 2.24) is 10.2 Å². The first-order valence-electron chi connectivity index (χ1n) is 10.4. The van der Waals surface area contributed by atoms with Crippen molar-refractivity contribution in [2.24, 2.45) is 0 Å². The molecule has 2 amide bonds. The fourth-order valence-electron chi connectivity index (χ4n) is 3.38. The van der Waals surface area contributed by atoms with Crippen LogP contribution in [0.4, 0.5) is 0 Å². The summed E-state index contributed by atoms with van der Waals surface area (Å²) in [5, 5.41) is 3.56. The number of hydrogen-bond acceptors (Lipinski definition) is 4. The van der Waals surface area contributed by atoms with Crippen LogP contribution < -0.4 is 14.8 Å². The van der Waals surface area contributed by atoms with Gasteiger partial charge in [0.25, 0.3) is 0 Å². The van der Waals surface area contributed by atoms with Crippen LogP contribution in [0.3, 0.4) is 0 Å². The summed E-state index contributed by atoms with van der Waals surface area (Å²) in [6.45, 7) is 8.02. The number of carbonyl (C=O) groups excluding carboxylic acids is 2. The van der Waals surface area contributed by atoms with Gasteiger partial charge in [-0.05, 0) is 69.5 Å². The van der Waals surface area contributed by atoms with Gasteiger partial charge in [0.15, 0.2) is 11.5 Å². The molecule has 0 saturated heterocycles. The smallest absolute Gasteiger partial charge is 0.242 e. The first-order chi connectivity index (χ1) is 14.6. The molecule has 6 nitrogen and oxygen atoms in total.